The van der Waals surface area contributed by atoms with Gasteiger partial charge in [0.15, 0.2) is 11.4 Å². The first-order valence-corrected chi connectivity index (χ1v) is 7.79. The summed E-state index contributed by atoms with van der Waals surface area (Å²) in [4.78, 5) is 12.7. The maximum Gasteiger partial charge on any atom is 0.295 e. The molecule has 1 aromatic carbocycles. The van der Waals surface area contributed by atoms with Crippen molar-refractivity contribution in [3.8, 4) is 5.75 Å². The summed E-state index contributed by atoms with van der Waals surface area (Å²) in [6, 6.07) is 3.53. The lowest BCUT2D eigenvalue weighted by Gasteiger charge is -2.31. The molecule has 2 atom stereocenters. The van der Waals surface area contributed by atoms with E-state index in [1.54, 1.807) is 6.07 Å². The number of nitrogen functional groups attached to an aromatic ring is 1. The first kappa shape index (κ1) is 16.6. The fourth-order valence-corrected chi connectivity index (χ4v) is 3.55. The lowest BCUT2D eigenvalue weighted by molar-refractivity contribution is -0.384. The zero-order chi connectivity index (χ0) is 17.4. The van der Waals surface area contributed by atoms with Gasteiger partial charge in [-0.15, -0.1) is 0 Å². The van der Waals surface area contributed by atoms with Crippen LogP contribution in [-0.4, -0.2) is 42.0 Å². The number of nitro benzene ring substituents is 1. The number of nitrogens with two attached hydrogens (primary N) is 1. The molecule has 2 aliphatic rings. The van der Waals surface area contributed by atoms with Crippen molar-refractivity contribution in [2.45, 2.75) is 37.8 Å². The van der Waals surface area contributed by atoms with Crippen molar-refractivity contribution in [1.82, 2.24) is 4.90 Å². The number of nitrogens with zero attached hydrogens (tertiary/aromatic N) is 2. The lowest BCUT2D eigenvalue weighted by Crippen LogP contribution is -2.34. The highest BCUT2D eigenvalue weighted by Crippen LogP contribution is 2.44. The Bertz CT molecular complexity index is 693. The van der Waals surface area contributed by atoms with Gasteiger partial charge in [-0.3, -0.25) is 15.0 Å². The number of fused-ring (bicyclic) bond motifs is 2. The average Bonchev–Trinajstić information content (AvgIpc) is 2.74. The Balaban J connectivity index is 2.02. The molecule has 0 aliphatic carbocycles. The maximum atomic E-state index is 12.5. The number of halogens is 2. The molecule has 3 rings (SSSR count). The summed E-state index contributed by atoms with van der Waals surface area (Å²) in [6.45, 7) is -0.849. The molecule has 2 heterocycles. The van der Waals surface area contributed by atoms with Gasteiger partial charge in [-0.2, -0.15) is 0 Å². The van der Waals surface area contributed by atoms with Crippen LogP contribution in [0.5, 0.6) is 5.75 Å². The molecule has 1 fully saturated rings. The van der Waals surface area contributed by atoms with Gasteiger partial charge in [0.25, 0.3) is 12.1 Å². The van der Waals surface area contributed by atoms with Gasteiger partial charge in [-0.25, -0.2) is 8.78 Å². The molecular formula is C16H19F2N3O3. The molecule has 2 unspecified atom stereocenters. The first-order chi connectivity index (χ1) is 11.4. The third-order valence-corrected chi connectivity index (χ3v) is 4.81. The number of benzene rings is 1. The van der Waals surface area contributed by atoms with Crippen molar-refractivity contribution >= 4 is 16.9 Å². The Hall–Kier alpha value is -2.22. The number of ether oxygens (including phenoxy) is 1. The normalized spacial score (nSPS) is 23.4. The minimum atomic E-state index is -2.68. The Labute approximate surface area is 138 Å². The summed E-state index contributed by atoms with van der Waals surface area (Å²) in [6.07, 6.45) is 2.26. The predicted molar refractivity (Wildman–Crippen MR) is 86.2 cm³/mol. The molecule has 0 radical (unpaired) electrons. The van der Waals surface area contributed by atoms with Gasteiger partial charge < -0.3 is 10.5 Å². The van der Waals surface area contributed by atoms with E-state index in [9.17, 15) is 18.9 Å². The minimum absolute atomic E-state index is 0.0142. The van der Waals surface area contributed by atoms with Crippen LogP contribution < -0.4 is 10.5 Å². The quantitative estimate of drug-likeness (QED) is 0.506. The van der Waals surface area contributed by atoms with E-state index in [0.717, 1.165) is 24.8 Å². The molecule has 130 valence electrons. The van der Waals surface area contributed by atoms with Crippen LogP contribution in [-0.2, 0) is 0 Å². The van der Waals surface area contributed by atoms with Crippen LogP contribution in [0.3, 0.4) is 0 Å². The zero-order valence-electron chi connectivity index (χ0n) is 13.2. The highest BCUT2D eigenvalue weighted by molar-refractivity contribution is 5.81. The third-order valence-electron chi connectivity index (χ3n) is 4.81. The van der Waals surface area contributed by atoms with Crippen LogP contribution in [0.2, 0.25) is 0 Å². The number of anilines is 1. The van der Waals surface area contributed by atoms with Crippen LogP contribution >= 0.6 is 0 Å². The van der Waals surface area contributed by atoms with Gasteiger partial charge in [0.2, 0.25) is 0 Å². The van der Waals surface area contributed by atoms with E-state index in [0.29, 0.717) is 11.6 Å². The second-order valence-electron chi connectivity index (χ2n) is 6.19. The summed E-state index contributed by atoms with van der Waals surface area (Å²) < 4.78 is 30.3. The van der Waals surface area contributed by atoms with Crippen LogP contribution in [0.4, 0.5) is 20.2 Å². The Morgan fingerprint density at radius 2 is 2.21 bits per heavy atom. The average molecular weight is 339 g/mol. The molecule has 1 saturated heterocycles. The second kappa shape index (κ2) is 6.35. The fourth-order valence-electron chi connectivity index (χ4n) is 3.55. The molecule has 8 heteroatoms. The van der Waals surface area contributed by atoms with Gasteiger partial charge in [0, 0.05) is 23.7 Å². The lowest BCUT2D eigenvalue weighted by atomic mass is 9.93. The molecule has 2 aliphatic heterocycles. The van der Waals surface area contributed by atoms with Crippen molar-refractivity contribution in [3.05, 3.63) is 33.9 Å². The molecule has 24 heavy (non-hydrogen) atoms. The van der Waals surface area contributed by atoms with Gasteiger partial charge in [-0.1, -0.05) is 6.08 Å². The summed E-state index contributed by atoms with van der Waals surface area (Å²) in [5, 5.41) is 11.1. The molecule has 0 saturated carbocycles. The summed E-state index contributed by atoms with van der Waals surface area (Å²) in [7, 11) is 2.06. The fraction of sp³-hybridized carbons (Fsp3) is 0.500. The Morgan fingerprint density at radius 1 is 1.46 bits per heavy atom. The Morgan fingerprint density at radius 3 is 2.83 bits per heavy atom. The molecule has 0 amide bonds. The van der Waals surface area contributed by atoms with Crippen molar-refractivity contribution in [2.75, 3.05) is 19.4 Å². The van der Waals surface area contributed by atoms with Gasteiger partial charge in [0.05, 0.1) is 4.92 Å². The minimum Gasteiger partial charge on any atom is -0.485 e. The van der Waals surface area contributed by atoms with Crippen LogP contribution in [0.15, 0.2) is 18.2 Å². The first-order valence-electron chi connectivity index (χ1n) is 7.79. The molecule has 6 nitrogen and oxygen atoms in total. The predicted octanol–water partition coefficient (Wildman–Crippen LogP) is 3.07. The van der Waals surface area contributed by atoms with Crippen LogP contribution in [0, 0.1) is 10.1 Å². The Kier molecular flexibility index (Phi) is 4.40. The van der Waals surface area contributed by atoms with E-state index < -0.39 is 18.0 Å². The van der Waals surface area contributed by atoms with E-state index in [2.05, 4.69) is 18.0 Å². The highest BCUT2D eigenvalue weighted by Gasteiger charge is 2.35. The van der Waals surface area contributed by atoms with E-state index in [1.165, 1.54) is 6.07 Å². The monoisotopic (exact) mass is 339 g/mol. The zero-order valence-corrected chi connectivity index (χ0v) is 13.2. The number of hydrogen-bond acceptors (Lipinski definition) is 5. The van der Waals surface area contributed by atoms with E-state index >= 15 is 0 Å². The molecule has 2 bridgehead atoms. The van der Waals surface area contributed by atoms with Crippen molar-refractivity contribution in [2.24, 2.45) is 0 Å². The van der Waals surface area contributed by atoms with Crippen LogP contribution in [0.1, 0.15) is 24.8 Å². The van der Waals surface area contributed by atoms with Crippen molar-refractivity contribution < 1.29 is 18.4 Å². The number of likely N-dealkylation sites (N-methyl/N-ethyl adjacent to an activating group) is 1. The number of nitro groups is 1. The topological polar surface area (TPSA) is 81.6 Å². The SMILES string of the molecule is CN1C2C=C(c3ccc([N+](=O)[O-])c(N)c3OCC(F)F)CC1CC2. The third kappa shape index (κ3) is 2.93. The molecule has 0 aromatic heterocycles. The van der Waals surface area contributed by atoms with Crippen molar-refractivity contribution in [3.63, 3.8) is 0 Å². The van der Waals surface area contributed by atoms with Gasteiger partial charge in [-0.05, 0) is 37.9 Å². The van der Waals surface area contributed by atoms with Gasteiger partial charge in [0.1, 0.15) is 6.61 Å². The standard InChI is InChI=1S/C16H19F2N3O3/c1-20-10-2-3-11(20)7-9(6-10)12-4-5-13(21(22)23)15(19)16(12)24-8-14(17)18/h4-6,10-11,14H,2-3,7-8,19H2,1H3. The molecule has 2 N–H and O–H groups in total. The van der Waals surface area contributed by atoms with Crippen molar-refractivity contribution in [1.29, 1.82) is 0 Å². The summed E-state index contributed by atoms with van der Waals surface area (Å²) in [5.41, 5.74) is 6.83. The number of alkyl halides is 2. The van der Waals surface area contributed by atoms with Crippen LogP contribution in [0.25, 0.3) is 5.57 Å². The summed E-state index contributed by atoms with van der Waals surface area (Å²) >= 11 is 0. The maximum absolute atomic E-state index is 12.5. The molecule has 0 spiro atoms. The second-order valence-corrected chi connectivity index (χ2v) is 6.19. The summed E-state index contributed by atoms with van der Waals surface area (Å²) in [5.74, 6) is -0.0142. The van der Waals surface area contributed by atoms with E-state index in [1.807, 2.05) is 0 Å². The van der Waals surface area contributed by atoms with Gasteiger partial charge >= 0.3 is 0 Å². The smallest absolute Gasteiger partial charge is 0.295 e. The van der Waals surface area contributed by atoms with E-state index in [4.69, 9.17) is 10.5 Å². The molecule has 1 aromatic rings. The largest absolute Gasteiger partial charge is 0.485 e. The molecular weight excluding hydrogens is 320 g/mol. The van der Waals surface area contributed by atoms with E-state index in [-0.39, 0.29) is 23.2 Å². The highest BCUT2D eigenvalue weighted by atomic mass is 19.3. The number of rotatable bonds is 5. The number of hydrogen-bond donors (Lipinski definition) is 1.